The number of aromatic nitrogens is 2. The number of aliphatic imine (C=N–C) groups is 1. The third-order valence-corrected chi connectivity index (χ3v) is 4.02. The summed E-state index contributed by atoms with van der Waals surface area (Å²) in [4.78, 5) is 12.1. The molecule has 0 atom stereocenters. The Balaban J connectivity index is 2.50. The van der Waals surface area contributed by atoms with E-state index < -0.39 is 0 Å². The molecule has 0 aliphatic heterocycles. The number of H-pyrrole nitrogens is 1. The van der Waals surface area contributed by atoms with Crippen LogP contribution in [0.4, 0.5) is 5.95 Å². The summed E-state index contributed by atoms with van der Waals surface area (Å²) < 4.78 is 5.49. The lowest BCUT2D eigenvalue weighted by Gasteiger charge is -2.06. The van der Waals surface area contributed by atoms with E-state index in [1.807, 2.05) is 51.1 Å². The Hall–Kier alpha value is -3.34. The minimum absolute atomic E-state index is 0.595. The van der Waals surface area contributed by atoms with Gasteiger partial charge in [-0.2, -0.15) is 0 Å². The van der Waals surface area contributed by atoms with Crippen molar-refractivity contribution in [3.8, 4) is 5.75 Å². The van der Waals surface area contributed by atoms with Crippen molar-refractivity contribution in [2.24, 2.45) is 4.99 Å². The van der Waals surface area contributed by atoms with Gasteiger partial charge in [0.05, 0.1) is 7.11 Å². The molecule has 0 bridgehead atoms. The number of benzene rings is 1. The first-order valence-electron chi connectivity index (χ1n) is 8.69. The molecule has 140 valence electrons. The van der Waals surface area contributed by atoms with Gasteiger partial charge in [0.15, 0.2) is 0 Å². The van der Waals surface area contributed by atoms with Crippen molar-refractivity contribution in [1.82, 2.24) is 9.97 Å². The van der Waals surface area contributed by atoms with Crippen LogP contribution in [0.2, 0.25) is 0 Å². The van der Waals surface area contributed by atoms with Gasteiger partial charge in [0.2, 0.25) is 5.95 Å². The molecular formula is C22H26N4O. The molecule has 2 rings (SSSR count). The van der Waals surface area contributed by atoms with Gasteiger partial charge in [0.1, 0.15) is 16.8 Å². The van der Waals surface area contributed by atoms with Crippen molar-refractivity contribution in [2.75, 3.05) is 12.4 Å². The number of hydrogen-bond donors (Lipinski definition) is 2. The molecule has 0 amide bonds. The minimum atomic E-state index is 0.595. The maximum Gasteiger partial charge on any atom is 0.205 e. The van der Waals surface area contributed by atoms with Crippen molar-refractivity contribution in [3.05, 3.63) is 72.6 Å². The van der Waals surface area contributed by atoms with Crippen LogP contribution >= 0.6 is 0 Å². The van der Waals surface area contributed by atoms with E-state index in [4.69, 9.17) is 9.72 Å². The van der Waals surface area contributed by atoms with Crippen LogP contribution in [0.15, 0.2) is 72.1 Å². The first-order chi connectivity index (χ1) is 13.0. The third kappa shape index (κ3) is 4.64. The number of ether oxygens (including phenoxy) is 1. The molecule has 0 fully saturated rings. The van der Waals surface area contributed by atoms with Crippen LogP contribution in [-0.2, 0) is 0 Å². The van der Waals surface area contributed by atoms with Crippen LogP contribution in [0, 0.1) is 0 Å². The predicted molar refractivity (Wildman–Crippen MR) is 116 cm³/mol. The number of allylic oxidation sites excluding steroid dienone is 6. The number of nitrogens with zero attached hydrogens (tertiary/aromatic N) is 2. The lowest BCUT2D eigenvalue weighted by atomic mass is 10.0. The molecule has 0 aliphatic carbocycles. The highest BCUT2D eigenvalue weighted by Gasteiger charge is 2.14. The second-order valence-electron chi connectivity index (χ2n) is 5.79. The lowest BCUT2D eigenvalue weighted by Crippen LogP contribution is -2.00. The second kappa shape index (κ2) is 9.38. The first kappa shape index (κ1) is 20.0. The Kier molecular flexibility index (Phi) is 6.94. The number of fused-ring (bicyclic) bond motifs is 1. The highest BCUT2D eigenvalue weighted by Crippen LogP contribution is 2.32. The van der Waals surface area contributed by atoms with Gasteiger partial charge >= 0.3 is 0 Å². The van der Waals surface area contributed by atoms with E-state index in [2.05, 4.69) is 28.5 Å². The maximum atomic E-state index is 5.49. The van der Waals surface area contributed by atoms with Crippen LogP contribution in [0.5, 0.6) is 5.75 Å². The van der Waals surface area contributed by atoms with Gasteiger partial charge in [-0.1, -0.05) is 37.5 Å². The summed E-state index contributed by atoms with van der Waals surface area (Å²) in [6, 6.07) is 3.94. The molecule has 2 aromatic rings. The van der Waals surface area contributed by atoms with Crippen molar-refractivity contribution in [3.63, 3.8) is 0 Å². The summed E-state index contributed by atoms with van der Waals surface area (Å²) in [5.41, 5.74) is 5.34. The largest absolute Gasteiger partial charge is 0.494 e. The van der Waals surface area contributed by atoms with Crippen LogP contribution in [0.3, 0.4) is 0 Å². The Morgan fingerprint density at radius 3 is 2.74 bits per heavy atom. The minimum Gasteiger partial charge on any atom is -0.494 e. The summed E-state index contributed by atoms with van der Waals surface area (Å²) in [7, 11) is 1.64. The number of methoxy groups -OCH3 is 1. The van der Waals surface area contributed by atoms with Crippen molar-refractivity contribution in [2.45, 2.75) is 20.8 Å². The number of rotatable bonds is 8. The molecule has 0 radical (unpaired) electrons. The zero-order valence-corrected chi connectivity index (χ0v) is 16.3. The van der Waals surface area contributed by atoms with Crippen LogP contribution in [0.25, 0.3) is 16.6 Å². The topological polar surface area (TPSA) is 62.3 Å². The molecule has 27 heavy (non-hydrogen) atoms. The molecule has 1 heterocycles. The fraction of sp³-hybridized carbons (Fsp3) is 0.182. The van der Waals surface area contributed by atoms with Gasteiger partial charge in [0.25, 0.3) is 0 Å². The van der Waals surface area contributed by atoms with E-state index in [9.17, 15) is 0 Å². The predicted octanol–water partition coefficient (Wildman–Crippen LogP) is 5.64. The Morgan fingerprint density at radius 2 is 2.11 bits per heavy atom. The van der Waals surface area contributed by atoms with E-state index >= 15 is 0 Å². The quantitative estimate of drug-likeness (QED) is 0.472. The van der Waals surface area contributed by atoms with Gasteiger partial charge in [-0.05, 0) is 44.1 Å². The zero-order chi connectivity index (χ0) is 19.8. The van der Waals surface area contributed by atoms with Gasteiger partial charge in [-0.25, -0.2) is 4.98 Å². The number of aromatic amines is 1. The third-order valence-electron chi connectivity index (χ3n) is 4.02. The average molecular weight is 362 g/mol. The molecule has 5 nitrogen and oxygen atoms in total. The average Bonchev–Trinajstić information content (AvgIpc) is 3.10. The van der Waals surface area contributed by atoms with Crippen LogP contribution in [-0.4, -0.2) is 23.3 Å². The highest BCUT2D eigenvalue weighted by atomic mass is 16.5. The molecule has 2 N–H and O–H groups in total. The summed E-state index contributed by atoms with van der Waals surface area (Å²) in [5, 5.41) is 3.21. The summed E-state index contributed by atoms with van der Waals surface area (Å²) in [6.45, 7) is 13.6. The highest BCUT2D eigenvalue weighted by molar-refractivity contribution is 5.96. The van der Waals surface area contributed by atoms with Crippen molar-refractivity contribution >= 4 is 28.8 Å². The van der Waals surface area contributed by atoms with E-state index in [0.29, 0.717) is 5.95 Å². The Labute approximate surface area is 160 Å². The molecule has 0 saturated heterocycles. The molecule has 0 spiro atoms. The zero-order valence-electron chi connectivity index (χ0n) is 16.3. The standard InChI is InChI=1S/C22H26N4O/c1-7-10-11-17(8-2)18-12-13-19(27-6)21-20(18)25-22(26-21)24-16(5)15(4)14-23-9-3/h7-14H,1,5H2,2-4,6H3,(H2,24,25,26)/b11-10-,15-14+,17-8+,23-9?. The summed E-state index contributed by atoms with van der Waals surface area (Å²) >= 11 is 0. The number of nitrogens with one attached hydrogen (secondary N) is 2. The molecule has 0 aliphatic rings. The molecule has 5 heteroatoms. The molecular weight excluding hydrogens is 336 g/mol. The van der Waals surface area contributed by atoms with Crippen molar-refractivity contribution in [1.29, 1.82) is 0 Å². The van der Waals surface area contributed by atoms with Gasteiger partial charge in [-0.15, -0.1) is 0 Å². The van der Waals surface area contributed by atoms with E-state index in [1.165, 1.54) is 0 Å². The van der Waals surface area contributed by atoms with Gasteiger partial charge in [0, 0.05) is 23.7 Å². The molecule has 0 saturated carbocycles. The SMILES string of the molecule is C=C/C=C\C(=C/C)c1ccc(OC)c2[nH]c(NC(=C)/C(C)=C/N=CC)nc12. The number of anilines is 1. The van der Waals surface area contributed by atoms with Crippen LogP contribution < -0.4 is 10.1 Å². The number of hydrogen-bond acceptors (Lipinski definition) is 4. The van der Waals surface area contributed by atoms with E-state index in [0.717, 1.165) is 39.2 Å². The van der Waals surface area contributed by atoms with Crippen LogP contribution in [0.1, 0.15) is 26.3 Å². The second-order valence-corrected chi connectivity index (χ2v) is 5.79. The fourth-order valence-corrected chi connectivity index (χ4v) is 2.55. The first-order valence-corrected chi connectivity index (χ1v) is 8.69. The summed E-state index contributed by atoms with van der Waals surface area (Å²) in [5.74, 6) is 1.32. The lowest BCUT2D eigenvalue weighted by molar-refractivity contribution is 0.419. The van der Waals surface area contributed by atoms with Gasteiger partial charge in [-0.3, -0.25) is 4.99 Å². The smallest absolute Gasteiger partial charge is 0.205 e. The number of imidazole rings is 1. The molecule has 1 aromatic carbocycles. The normalized spacial score (nSPS) is 12.9. The van der Waals surface area contributed by atoms with E-state index in [1.54, 1.807) is 25.6 Å². The monoisotopic (exact) mass is 362 g/mol. The van der Waals surface area contributed by atoms with E-state index in [-0.39, 0.29) is 0 Å². The Morgan fingerprint density at radius 1 is 1.33 bits per heavy atom. The fourth-order valence-electron chi connectivity index (χ4n) is 2.55. The molecule has 0 unspecified atom stereocenters. The van der Waals surface area contributed by atoms with Crippen molar-refractivity contribution < 1.29 is 4.74 Å². The summed E-state index contributed by atoms with van der Waals surface area (Å²) in [6.07, 6.45) is 11.2. The Bertz CT molecular complexity index is 958. The molecule has 1 aromatic heterocycles. The van der Waals surface area contributed by atoms with Gasteiger partial charge < -0.3 is 15.0 Å². The maximum absolute atomic E-state index is 5.49.